The molecular weight excluding hydrogens is 292 g/mol. The number of H-pyrrole nitrogens is 1. The van der Waals surface area contributed by atoms with Crippen LogP contribution in [0.2, 0.25) is 5.02 Å². The molecule has 106 valence electrons. The number of hydrogen-bond donors (Lipinski definition) is 2. The van der Waals surface area contributed by atoms with Gasteiger partial charge in [0.05, 0.1) is 35.6 Å². The summed E-state index contributed by atoms with van der Waals surface area (Å²) in [7, 11) is 0. The molecule has 0 spiro atoms. The van der Waals surface area contributed by atoms with Crippen molar-refractivity contribution >= 4 is 11.6 Å². The molecule has 0 radical (unpaired) electrons. The number of halogens is 1. The molecule has 7 heteroatoms. The smallest absolute Gasteiger partial charge is 0.336 e. The fourth-order valence-corrected chi connectivity index (χ4v) is 2.82. The van der Waals surface area contributed by atoms with Crippen LogP contribution in [-0.4, -0.2) is 24.2 Å². The lowest BCUT2D eigenvalue weighted by molar-refractivity contribution is 0.434. The van der Waals surface area contributed by atoms with Crippen LogP contribution in [0.4, 0.5) is 0 Å². The van der Waals surface area contributed by atoms with Gasteiger partial charge < -0.3 is 10.1 Å². The van der Waals surface area contributed by atoms with Crippen LogP contribution in [0.3, 0.4) is 0 Å². The highest BCUT2D eigenvalue weighted by Crippen LogP contribution is 2.27. The minimum atomic E-state index is -0.273. The number of nitrogens with one attached hydrogen (secondary N) is 1. The molecule has 0 amide bonds. The number of aromatic hydroxyl groups is 1. The summed E-state index contributed by atoms with van der Waals surface area (Å²) in [6.07, 6.45) is 2.03. The molecule has 3 aromatic rings. The fourth-order valence-electron chi connectivity index (χ4n) is 2.69. The zero-order valence-electron chi connectivity index (χ0n) is 10.9. The molecule has 1 aliphatic heterocycles. The van der Waals surface area contributed by atoms with Crippen molar-refractivity contribution in [3.8, 4) is 11.6 Å². The number of aromatic amines is 1. The Bertz CT molecular complexity index is 889. The van der Waals surface area contributed by atoms with Gasteiger partial charge in [-0.3, -0.25) is 4.57 Å². The van der Waals surface area contributed by atoms with Gasteiger partial charge in [-0.05, 0) is 24.3 Å². The lowest BCUT2D eigenvalue weighted by Gasteiger charge is -2.12. The van der Waals surface area contributed by atoms with Crippen molar-refractivity contribution in [3.63, 3.8) is 0 Å². The molecule has 3 heterocycles. The van der Waals surface area contributed by atoms with Crippen molar-refractivity contribution in [1.82, 2.24) is 19.1 Å². The summed E-state index contributed by atoms with van der Waals surface area (Å²) in [5, 5.41) is 11.0. The van der Waals surface area contributed by atoms with Gasteiger partial charge in [0.1, 0.15) is 0 Å². The van der Waals surface area contributed by atoms with E-state index in [1.165, 1.54) is 4.57 Å². The first-order valence-corrected chi connectivity index (χ1v) is 6.83. The molecule has 2 N–H and O–H groups in total. The predicted molar refractivity (Wildman–Crippen MR) is 77.2 cm³/mol. The third-order valence-electron chi connectivity index (χ3n) is 3.76. The van der Waals surface area contributed by atoms with E-state index in [0.717, 1.165) is 11.4 Å². The summed E-state index contributed by atoms with van der Waals surface area (Å²) < 4.78 is 2.85. The minimum Gasteiger partial charge on any atom is -0.493 e. The topological polar surface area (TPSA) is 75.8 Å². The SMILES string of the molecule is O=c1n2c(c(O)n1-c1ccc(Cl)cc1)Cc1nc[nH]c1C2. The Morgan fingerprint density at radius 2 is 2.05 bits per heavy atom. The lowest BCUT2D eigenvalue weighted by Crippen LogP contribution is -2.27. The summed E-state index contributed by atoms with van der Waals surface area (Å²) in [5.41, 5.74) is 2.65. The molecule has 1 aliphatic rings. The van der Waals surface area contributed by atoms with Crippen LogP contribution in [0.25, 0.3) is 5.69 Å². The Balaban J connectivity index is 1.90. The lowest BCUT2D eigenvalue weighted by atomic mass is 10.1. The van der Waals surface area contributed by atoms with Crippen LogP contribution in [0.5, 0.6) is 5.88 Å². The molecule has 0 aliphatic carbocycles. The third kappa shape index (κ3) is 1.72. The summed E-state index contributed by atoms with van der Waals surface area (Å²) in [6.45, 7) is 0.387. The maximum Gasteiger partial charge on any atom is 0.336 e. The van der Waals surface area contributed by atoms with Gasteiger partial charge in [0.25, 0.3) is 0 Å². The van der Waals surface area contributed by atoms with E-state index in [1.54, 1.807) is 35.2 Å². The standard InChI is InChI=1S/C14H11ClN4O2/c15-8-1-3-9(4-2-8)19-13(20)12-5-10-11(17-7-16-10)6-18(12)14(19)21/h1-4,7,20H,5-6H2,(H,16,17). The molecule has 2 aromatic heterocycles. The van der Waals surface area contributed by atoms with Crippen LogP contribution in [0, 0.1) is 0 Å². The predicted octanol–water partition coefficient (Wildman–Crippen LogP) is 1.67. The van der Waals surface area contributed by atoms with E-state index in [-0.39, 0.29) is 11.6 Å². The Morgan fingerprint density at radius 3 is 2.81 bits per heavy atom. The highest BCUT2D eigenvalue weighted by atomic mass is 35.5. The van der Waals surface area contributed by atoms with Gasteiger partial charge in [-0.1, -0.05) is 11.6 Å². The van der Waals surface area contributed by atoms with E-state index in [1.807, 2.05) is 0 Å². The van der Waals surface area contributed by atoms with E-state index in [0.29, 0.717) is 29.4 Å². The first-order valence-electron chi connectivity index (χ1n) is 6.45. The highest BCUT2D eigenvalue weighted by Gasteiger charge is 2.26. The maximum atomic E-state index is 12.6. The Kier molecular flexibility index (Phi) is 2.49. The van der Waals surface area contributed by atoms with Crippen molar-refractivity contribution in [2.24, 2.45) is 0 Å². The van der Waals surface area contributed by atoms with Gasteiger partial charge in [-0.2, -0.15) is 0 Å². The molecular formula is C14H11ClN4O2. The first kappa shape index (κ1) is 12.3. The normalized spacial score (nSPS) is 13.0. The van der Waals surface area contributed by atoms with E-state index >= 15 is 0 Å². The van der Waals surface area contributed by atoms with Crippen LogP contribution >= 0.6 is 11.6 Å². The van der Waals surface area contributed by atoms with Gasteiger partial charge in [0, 0.05) is 11.4 Å². The van der Waals surface area contributed by atoms with Crippen molar-refractivity contribution in [2.75, 3.05) is 0 Å². The first-order chi connectivity index (χ1) is 10.1. The Morgan fingerprint density at radius 1 is 1.29 bits per heavy atom. The Hall–Kier alpha value is -2.47. The maximum absolute atomic E-state index is 12.6. The summed E-state index contributed by atoms with van der Waals surface area (Å²) in [4.78, 5) is 19.8. The molecule has 0 saturated carbocycles. The molecule has 0 fully saturated rings. The Labute approximate surface area is 124 Å². The average molecular weight is 303 g/mol. The molecule has 0 unspecified atom stereocenters. The van der Waals surface area contributed by atoms with Gasteiger partial charge in [0.15, 0.2) is 0 Å². The van der Waals surface area contributed by atoms with Crippen molar-refractivity contribution < 1.29 is 5.11 Å². The summed E-state index contributed by atoms with van der Waals surface area (Å²) >= 11 is 5.86. The fraction of sp³-hybridized carbons (Fsp3) is 0.143. The van der Waals surface area contributed by atoms with E-state index in [2.05, 4.69) is 9.97 Å². The van der Waals surface area contributed by atoms with Crippen LogP contribution in [0.15, 0.2) is 35.4 Å². The minimum absolute atomic E-state index is 0.0454. The molecule has 21 heavy (non-hydrogen) atoms. The van der Waals surface area contributed by atoms with Crippen molar-refractivity contribution in [3.05, 3.63) is 63.2 Å². The second-order valence-electron chi connectivity index (χ2n) is 4.96. The second-order valence-corrected chi connectivity index (χ2v) is 5.39. The average Bonchev–Trinajstić information content (AvgIpc) is 3.03. The molecule has 0 saturated heterocycles. The van der Waals surface area contributed by atoms with Crippen LogP contribution in [0.1, 0.15) is 17.1 Å². The molecule has 1 aromatic carbocycles. The van der Waals surface area contributed by atoms with E-state index < -0.39 is 0 Å². The highest BCUT2D eigenvalue weighted by molar-refractivity contribution is 6.30. The number of hydrogen-bond acceptors (Lipinski definition) is 3. The summed E-state index contributed by atoms with van der Waals surface area (Å²) in [6, 6.07) is 6.77. The van der Waals surface area contributed by atoms with Gasteiger partial charge >= 0.3 is 5.69 Å². The van der Waals surface area contributed by atoms with Crippen molar-refractivity contribution in [1.29, 1.82) is 0 Å². The third-order valence-corrected chi connectivity index (χ3v) is 4.01. The second kappa shape index (κ2) is 4.26. The monoisotopic (exact) mass is 302 g/mol. The number of benzene rings is 1. The number of imidazole rings is 2. The zero-order valence-corrected chi connectivity index (χ0v) is 11.6. The van der Waals surface area contributed by atoms with Gasteiger partial charge in [0.2, 0.25) is 5.88 Å². The van der Waals surface area contributed by atoms with Crippen LogP contribution < -0.4 is 5.69 Å². The zero-order chi connectivity index (χ0) is 14.6. The van der Waals surface area contributed by atoms with Gasteiger partial charge in [-0.25, -0.2) is 14.3 Å². The van der Waals surface area contributed by atoms with E-state index in [9.17, 15) is 9.90 Å². The quantitative estimate of drug-likeness (QED) is 0.561. The van der Waals surface area contributed by atoms with Gasteiger partial charge in [-0.15, -0.1) is 0 Å². The summed E-state index contributed by atoms with van der Waals surface area (Å²) in [5.74, 6) is -0.0454. The molecule has 6 nitrogen and oxygen atoms in total. The van der Waals surface area contributed by atoms with Crippen molar-refractivity contribution in [2.45, 2.75) is 13.0 Å². The number of aromatic nitrogens is 4. The number of rotatable bonds is 1. The molecule has 0 bridgehead atoms. The van der Waals surface area contributed by atoms with Crippen LogP contribution in [-0.2, 0) is 13.0 Å². The number of nitrogens with zero attached hydrogens (tertiary/aromatic N) is 3. The molecule has 0 atom stereocenters. The van der Waals surface area contributed by atoms with E-state index in [4.69, 9.17) is 11.6 Å². The number of fused-ring (bicyclic) bond motifs is 2. The largest absolute Gasteiger partial charge is 0.493 e. The molecule has 4 rings (SSSR count).